The summed E-state index contributed by atoms with van der Waals surface area (Å²) in [6.45, 7) is 1.91. The average molecular weight is 511 g/mol. The molecule has 0 bridgehead atoms. The predicted octanol–water partition coefficient (Wildman–Crippen LogP) is 5.64. The molecule has 6 aromatic rings. The third kappa shape index (κ3) is 4.03. The van der Waals surface area contributed by atoms with Crippen LogP contribution in [0.15, 0.2) is 61.3 Å². The van der Waals surface area contributed by atoms with Crippen molar-refractivity contribution in [2.75, 3.05) is 5.32 Å². The number of pyridine rings is 3. The van der Waals surface area contributed by atoms with Gasteiger partial charge in [-0.15, -0.1) is 0 Å². The number of halogens is 2. The van der Waals surface area contributed by atoms with E-state index in [9.17, 15) is 9.18 Å². The zero-order valence-electron chi connectivity index (χ0n) is 20.1. The van der Waals surface area contributed by atoms with Crippen molar-refractivity contribution in [2.45, 2.75) is 19.8 Å². The Hall–Kier alpha value is -5.06. The Morgan fingerprint density at radius 3 is 2.71 bits per heavy atom. The number of H-pyrrole nitrogens is 2. The van der Waals surface area contributed by atoms with Gasteiger partial charge in [0.15, 0.2) is 11.6 Å². The summed E-state index contributed by atoms with van der Waals surface area (Å²) < 4.78 is 30.5. The number of hydrogen-bond acceptors (Lipinski definition) is 6. The SMILES string of the molecule is CCCC(=O)Nc1cncc(-c2ncc3n[nH]c(-c4nc5c(-c6ccccc6F)cncc5[nH]4)c3c2F)c1. The fourth-order valence-corrected chi connectivity index (χ4v) is 4.36. The van der Waals surface area contributed by atoms with Gasteiger partial charge < -0.3 is 10.3 Å². The lowest BCUT2D eigenvalue weighted by Crippen LogP contribution is -2.10. The molecule has 6 rings (SSSR count). The van der Waals surface area contributed by atoms with Crippen LogP contribution in [-0.4, -0.2) is 41.0 Å². The first-order valence-electron chi connectivity index (χ1n) is 11.9. The van der Waals surface area contributed by atoms with Gasteiger partial charge in [-0.2, -0.15) is 5.10 Å². The standard InChI is InChI=1S/C27H20F2N8O/c1-2-5-21(38)33-15-8-14(9-30-10-15)24-23(29)22-19(13-32-24)36-37-26(22)27-34-20-12-31-11-17(25(20)35-27)16-6-3-4-7-18(16)28/h3-4,6-13H,2,5H2,1H3,(H,33,38)(H,34,35)(H,36,37). The van der Waals surface area contributed by atoms with Gasteiger partial charge in [0.25, 0.3) is 0 Å². The Labute approximate surface area is 214 Å². The third-order valence-electron chi connectivity index (χ3n) is 6.11. The topological polar surface area (TPSA) is 125 Å². The molecule has 0 fully saturated rings. The number of imidazole rings is 1. The zero-order valence-corrected chi connectivity index (χ0v) is 20.1. The molecule has 5 heterocycles. The molecule has 1 amide bonds. The predicted molar refractivity (Wildman–Crippen MR) is 139 cm³/mol. The van der Waals surface area contributed by atoms with Crippen LogP contribution in [0.1, 0.15) is 19.8 Å². The van der Waals surface area contributed by atoms with Crippen LogP contribution in [-0.2, 0) is 4.79 Å². The third-order valence-corrected chi connectivity index (χ3v) is 6.11. The molecule has 0 unspecified atom stereocenters. The van der Waals surface area contributed by atoms with Crippen LogP contribution in [0.5, 0.6) is 0 Å². The van der Waals surface area contributed by atoms with Gasteiger partial charge in [0.05, 0.1) is 35.2 Å². The van der Waals surface area contributed by atoms with Gasteiger partial charge in [0.1, 0.15) is 28.2 Å². The molecule has 0 aliphatic rings. The molecule has 0 aliphatic carbocycles. The average Bonchev–Trinajstić information content (AvgIpc) is 3.54. The number of carbonyl (C=O) groups excluding carboxylic acids is 1. The number of carbonyl (C=O) groups is 1. The molecule has 0 saturated heterocycles. The summed E-state index contributed by atoms with van der Waals surface area (Å²) in [5, 5.41) is 9.98. The number of hydrogen-bond donors (Lipinski definition) is 3. The van der Waals surface area contributed by atoms with E-state index in [1.165, 1.54) is 30.9 Å². The molecule has 5 aromatic heterocycles. The summed E-state index contributed by atoms with van der Waals surface area (Å²) in [7, 11) is 0. The fourth-order valence-electron chi connectivity index (χ4n) is 4.36. The van der Waals surface area contributed by atoms with Gasteiger partial charge in [-0.05, 0) is 18.6 Å². The van der Waals surface area contributed by atoms with Crippen LogP contribution in [0, 0.1) is 11.6 Å². The lowest BCUT2D eigenvalue weighted by atomic mass is 10.1. The van der Waals surface area contributed by atoms with Crippen LogP contribution in [0.25, 0.3) is 55.8 Å². The van der Waals surface area contributed by atoms with Crippen molar-refractivity contribution in [3.63, 3.8) is 0 Å². The van der Waals surface area contributed by atoms with Gasteiger partial charge in [-0.3, -0.25) is 24.8 Å². The highest BCUT2D eigenvalue weighted by atomic mass is 19.1. The second kappa shape index (κ2) is 9.43. The molecule has 188 valence electrons. The molecule has 0 aliphatic heterocycles. The molecule has 38 heavy (non-hydrogen) atoms. The van der Waals surface area contributed by atoms with Gasteiger partial charge >= 0.3 is 0 Å². The first-order valence-corrected chi connectivity index (χ1v) is 11.9. The molecule has 0 atom stereocenters. The summed E-state index contributed by atoms with van der Waals surface area (Å²) >= 11 is 0. The van der Waals surface area contributed by atoms with Crippen molar-refractivity contribution in [3.8, 4) is 33.9 Å². The van der Waals surface area contributed by atoms with E-state index in [0.29, 0.717) is 63.3 Å². The first kappa shape index (κ1) is 23.3. The molecule has 0 radical (unpaired) electrons. The van der Waals surface area contributed by atoms with Gasteiger partial charge in [0.2, 0.25) is 5.91 Å². The summed E-state index contributed by atoms with van der Waals surface area (Å²) in [6.07, 6.45) is 8.60. The van der Waals surface area contributed by atoms with Gasteiger partial charge in [-0.25, -0.2) is 13.8 Å². The quantitative estimate of drug-likeness (QED) is 0.266. The molecule has 0 saturated carbocycles. The summed E-state index contributed by atoms with van der Waals surface area (Å²) in [5.41, 5.74) is 3.38. The Balaban J connectivity index is 1.45. The maximum Gasteiger partial charge on any atom is 0.224 e. The van der Waals surface area contributed by atoms with Crippen molar-refractivity contribution in [3.05, 3.63) is 73.0 Å². The normalized spacial score (nSPS) is 11.3. The number of nitrogens with zero attached hydrogens (tertiary/aromatic N) is 5. The van der Waals surface area contributed by atoms with Crippen LogP contribution >= 0.6 is 0 Å². The van der Waals surface area contributed by atoms with E-state index < -0.39 is 11.6 Å². The maximum absolute atomic E-state index is 16.0. The monoisotopic (exact) mass is 510 g/mol. The number of aromatic nitrogens is 7. The summed E-state index contributed by atoms with van der Waals surface area (Å²) in [6, 6.07) is 7.97. The fraction of sp³-hybridized carbons (Fsp3) is 0.111. The van der Waals surface area contributed by atoms with Crippen molar-refractivity contribution >= 4 is 33.5 Å². The minimum absolute atomic E-state index is 0.0454. The van der Waals surface area contributed by atoms with E-state index in [0.717, 1.165) is 0 Å². The number of benzene rings is 1. The molecule has 0 spiro atoms. The highest BCUT2D eigenvalue weighted by molar-refractivity contribution is 5.98. The number of fused-ring (bicyclic) bond motifs is 2. The second-order valence-electron chi connectivity index (χ2n) is 8.69. The van der Waals surface area contributed by atoms with Crippen molar-refractivity contribution < 1.29 is 13.6 Å². The Bertz CT molecular complexity index is 1830. The zero-order chi connectivity index (χ0) is 26.2. The summed E-state index contributed by atoms with van der Waals surface area (Å²) in [5.74, 6) is -0.871. The summed E-state index contributed by atoms with van der Waals surface area (Å²) in [4.78, 5) is 32.4. The maximum atomic E-state index is 16.0. The van der Waals surface area contributed by atoms with E-state index in [4.69, 9.17) is 0 Å². The first-order chi connectivity index (χ1) is 18.5. The minimum Gasteiger partial charge on any atom is -0.335 e. The smallest absolute Gasteiger partial charge is 0.224 e. The Kier molecular flexibility index (Phi) is 5.79. The van der Waals surface area contributed by atoms with E-state index in [2.05, 4.69) is 40.4 Å². The number of aromatic amines is 2. The lowest BCUT2D eigenvalue weighted by Gasteiger charge is -2.07. The number of amides is 1. The molecule has 11 heteroatoms. The van der Waals surface area contributed by atoms with Crippen LogP contribution in [0.3, 0.4) is 0 Å². The molecule has 3 N–H and O–H groups in total. The molecular weight excluding hydrogens is 490 g/mol. The van der Waals surface area contributed by atoms with E-state index in [1.807, 2.05) is 6.92 Å². The van der Waals surface area contributed by atoms with Gasteiger partial charge in [-0.1, -0.05) is 25.1 Å². The largest absolute Gasteiger partial charge is 0.335 e. The highest BCUT2D eigenvalue weighted by Crippen LogP contribution is 2.35. The number of nitrogens with one attached hydrogen (secondary N) is 3. The van der Waals surface area contributed by atoms with Crippen LogP contribution in [0.2, 0.25) is 0 Å². The van der Waals surface area contributed by atoms with Crippen molar-refractivity contribution in [2.24, 2.45) is 0 Å². The minimum atomic E-state index is -0.627. The van der Waals surface area contributed by atoms with E-state index in [1.54, 1.807) is 30.5 Å². The number of rotatable bonds is 6. The Morgan fingerprint density at radius 2 is 1.87 bits per heavy atom. The molecule has 9 nitrogen and oxygen atoms in total. The van der Waals surface area contributed by atoms with Crippen LogP contribution < -0.4 is 5.32 Å². The lowest BCUT2D eigenvalue weighted by molar-refractivity contribution is -0.116. The van der Waals surface area contributed by atoms with Crippen molar-refractivity contribution in [1.82, 2.24) is 35.1 Å². The van der Waals surface area contributed by atoms with Crippen LogP contribution in [0.4, 0.5) is 14.5 Å². The van der Waals surface area contributed by atoms with Gasteiger partial charge in [0, 0.05) is 35.5 Å². The number of anilines is 1. The molecule has 1 aromatic carbocycles. The highest BCUT2D eigenvalue weighted by Gasteiger charge is 2.21. The van der Waals surface area contributed by atoms with Crippen molar-refractivity contribution in [1.29, 1.82) is 0 Å². The molecular formula is C27H20F2N8O. The Morgan fingerprint density at radius 1 is 1.03 bits per heavy atom. The van der Waals surface area contributed by atoms with E-state index >= 15 is 4.39 Å². The second-order valence-corrected chi connectivity index (χ2v) is 8.69. The van der Waals surface area contributed by atoms with E-state index in [-0.39, 0.29) is 17.0 Å².